The molecular weight excluding hydrogens is 436 g/mol. The van der Waals surface area contributed by atoms with E-state index in [1.165, 1.54) is 17.3 Å². The van der Waals surface area contributed by atoms with Gasteiger partial charge in [0.1, 0.15) is 5.60 Å². The molecule has 0 saturated heterocycles. The predicted molar refractivity (Wildman–Crippen MR) is 131 cm³/mol. The Balaban J connectivity index is 1.82. The maximum absolute atomic E-state index is 13.5. The van der Waals surface area contributed by atoms with Gasteiger partial charge in [0.05, 0.1) is 22.3 Å². The first-order chi connectivity index (χ1) is 15.7. The molecule has 8 heteroatoms. The molecule has 0 bridgehead atoms. The SMILES string of the molecule is CC[C@H](C)c1ccc(-n2c(=O)c3ccccc3n3c(SCC(=O)OC(C)(C)C)nnc23)cc1. The van der Waals surface area contributed by atoms with Gasteiger partial charge in [-0.1, -0.05) is 49.9 Å². The highest BCUT2D eigenvalue weighted by Gasteiger charge is 2.21. The molecule has 0 amide bonds. The molecule has 0 aliphatic carbocycles. The first-order valence-electron chi connectivity index (χ1n) is 11.0. The van der Waals surface area contributed by atoms with Gasteiger partial charge in [0, 0.05) is 0 Å². The van der Waals surface area contributed by atoms with Gasteiger partial charge in [-0.2, -0.15) is 0 Å². The molecule has 1 atom stereocenters. The zero-order valence-electron chi connectivity index (χ0n) is 19.5. The minimum Gasteiger partial charge on any atom is -0.459 e. The summed E-state index contributed by atoms with van der Waals surface area (Å²) in [5.74, 6) is 0.607. The molecule has 0 aliphatic heterocycles. The molecule has 4 rings (SSSR count). The largest absolute Gasteiger partial charge is 0.459 e. The molecule has 0 radical (unpaired) electrons. The summed E-state index contributed by atoms with van der Waals surface area (Å²) in [6.07, 6.45) is 1.04. The van der Waals surface area contributed by atoms with Crippen molar-refractivity contribution in [3.8, 4) is 5.69 Å². The van der Waals surface area contributed by atoms with Crippen molar-refractivity contribution < 1.29 is 9.53 Å². The number of esters is 1. The van der Waals surface area contributed by atoms with E-state index in [0.717, 1.165) is 12.1 Å². The molecule has 0 N–H and O–H groups in total. The number of fused-ring (bicyclic) bond motifs is 3. The molecular formula is C25H28N4O3S. The molecule has 33 heavy (non-hydrogen) atoms. The summed E-state index contributed by atoms with van der Waals surface area (Å²) in [4.78, 5) is 25.7. The Morgan fingerprint density at radius 2 is 1.79 bits per heavy atom. The fourth-order valence-corrected chi connectivity index (χ4v) is 4.40. The van der Waals surface area contributed by atoms with E-state index in [1.807, 2.05) is 55.5 Å². The van der Waals surface area contributed by atoms with Crippen molar-refractivity contribution in [2.45, 2.75) is 57.7 Å². The summed E-state index contributed by atoms with van der Waals surface area (Å²) < 4.78 is 8.82. The molecule has 0 fully saturated rings. The summed E-state index contributed by atoms with van der Waals surface area (Å²) in [6, 6.07) is 15.4. The Labute approximate surface area is 196 Å². The van der Waals surface area contributed by atoms with Crippen molar-refractivity contribution in [2.24, 2.45) is 0 Å². The molecule has 7 nitrogen and oxygen atoms in total. The molecule has 0 unspecified atom stereocenters. The van der Waals surface area contributed by atoms with E-state index in [9.17, 15) is 9.59 Å². The third-order valence-electron chi connectivity index (χ3n) is 5.47. The summed E-state index contributed by atoms with van der Waals surface area (Å²) in [5.41, 5.74) is 1.92. The molecule has 4 aromatic rings. The van der Waals surface area contributed by atoms with E-state index in [0.29, 0.717) is 27.8 Å². The maximum atomic E-state index is 13.5. The highest BCUT2D eigenvalue weighted by Crippen LogP contribution is 2.25. The lowest BCUT2D eigenvalue weighted by molar-refractivity contribution is -0.151. The Morgan fingerprint density at radius 1 is 1.09 bits per heavy atom. The van der Waals surface area contributed by atoms with Gasteiger partial charge >= 0.3 is 5.97 Å². The number of carbonyl (C=O) groups is 1. The topological polar surface area (TPSA) is 78.5 Å². The van der Waals surface area contributed by atoms with Crippen LogP contribution in [0.3, 0.4) is 0 Å². The van der Waals surface area contributed by atoms with Crippen LogP contribution in [0.5, 0.6) is 0 Å². The molecule has 0 spiro atoms. The van der Waals surface area contributed by atoms with Gasteiger partial charge in [0.2, 0.25) is 5.78 Å². The van der Waals surface area contributed by atoms with E-state index in [-0.39, 0.29) is 17.3 Å². The van der Waals surface area contributed by atoms with Crippen LogP contribution in [0.2, 0.25) is 0 Å². The van der Waals surface area contributed by atoms with Crippen molar-refractivity contribution in [1.82, 2.24) is 19.2 Å². The van der Waals surface area contributed by atoms with Crippen LogP contribution in [0.25, 0.3) is 22.4 Å². The predicted octanol–water partition coefficient (Wildman–Crippen LogP) is 4.98. The van der Waals surface area contributed by atoms with Crippen LogP contribution in [0.15, 0.2) is 58.5 Å². The number of nitrogens with zero attached hydrogens (tertiary/aromatic N) is 4. The van der Waals surface area contributed by atoms with E-state index in [4.69, 9.17) is 4.74 Å². The van der Waals surface area contributed by atoms with Crippen LogP contribution in [0.1, 0.15) is 52.5 Å². The van der Waals surface area contributed by atoms with Gasteiger partial charge in [-0.15, -0.1) is 10.2 Å². The highest BCUT2D eigenvalue weighted by molar-refractivity contribution is 7.99. The van der Waals surface area contributed by atoms with E-state index in [1.54, 1.807) is 10.6 Å². The van der Waals surface area contributed by atoms with E-state index < -0.39 is 5.60 Å². The zero-order valence-corrected chi connectivity index (χ0v) is 20.3. The monoisotopic (exact) mass is 464 g/mol. The zero-order chi connectivity index (χ0) is 23.8. The van der Waals surface area contributed by atoms with Crippen molar-refractivity contribution >= 4 is 34.4 Å². The number of aromatic nitrogens is 4. The van der Waals surface area contributed by atoms with Crippen molar-refractivity contribution in [3.63, 3.8) is 0 Å². The number of hydrogen-bond donors (Lipinski definition) is 0. The van der Waals surface area contributed by atoms with E-state index in [2.05, 4.69) is 36.2 Å². The lowest BCUT2D eigenvalue weighted by Crippen LogP contribution is -2.25. The molecule has 172 valence electrons. The maximum Gasteiger partial charge on any atom is 0.316 e. The molecule has 2 aromatic carbocycles. The van der Waals surface area contributed by atoms with E-state index >= 15 is 0 Å². The number of ether oxygens (including phenoxy) is 1. The Bertz CT molecular complexity index is 1370. The first-order valence-corrected chi connectivity index (χ1v) is 12.0. The Kier molecular flexibility index (Phi) is 6.30. The summed E-state index contributed by atoms with van der Waals surface area (Å²) >= 11 is 1.24. The van der Waals surface area contributed by atoms with Gasteiger partial charge < -0.3 is 4.74 Å². The lowest BCUT2D eigenvalue weighted by atomic mass is 9.98. The van der Waals surface area contributed by atoms with Gasteiger partial charge in [0.25, 0.3) is 5.56 Å². The summed E-state index contributed by atoms with van der Waals surface area (Å²) in [6.45, 7) is 9.84. The Morgan fingerprint density at radius 3 is 2.45 bits per heavy atom. The average Bonchev–Trinajstić information content (AvgIpc) is 3.20. The lowest BCUT2D eigenvalue weighted by Gasteiger charge is -2.19. The van der Waals surface area contributed by atoms with Gasteiger partial charge in [-0.3, -0.25) is 14.0 Å². The van der Waals surface area contributed by atoms with Crippen LogP contribution in [-0.4, -0.2) is 36.5 Å². The first kappa shape index (κ1) is 23.0. The fraction of sp³-hybridized carbons (Fsp3) is 0.360. The third-order valence-corrected chi connectivity index (χ3v) is 6.37. The summed E-state index contributed by atoms with van der Waals surface area (Å²) in [5, 5.41) is 9.72. The molecule has 0 aliphatic rings. The average molecular weight is 465 g/mol. The minimum atomic E-state index is -0.556. The quantitative estimate of drug-likeness (QED) is 0.296. The highest BCUT2D eigenvalue weighted by atomic mass is 32.2. The second-order valence-corrected chi connectivity index (χ2v) is 9.99. The van der Waals surface area contributed by atoms with Crippen molar-refractivity contribution in [3.05, 3.63) is 64.4 Å². The third kappa shape index (κ3) is 4.66. The van der Waals surface area contributed by atoms with Crippen LogP contribution >= 0.6 is 11.8 Å². The van der Waals surface area contributed by atoms with Crippen LogP contribution in [-0.2, 0) is 9.53 Å². The number of hydrogen-bond acceptors (Lipinski definition) is 6. The number of carbonyl (C=O) groups excluding carboxylic acids is 1. The minimum absolute atomic E-state index is 0.0924. The van der Waals surface area contributed by atoms with Crippen LogP contribution in [0.4, 0.5) is 0 Å². The van der Waals surface area contributed by atoms with Crippen LogP contribution < -0.4 is 5.56 Å². The van der Waals surface area contributed by atoms with Gasteiger partial charge in [0.15, 0.2) is 5.16 Å². The summed E-state index contributed by atoms with van der Waals surface area (Å²) in [7, 11) is 0. The van der Waals surface area contributed by atoms with Crippen molar-refractivity contribution in [1.29, 1.82) is 0 Å². The normalized spacial score (nSPS) is 12.9. The van der Waals surface area contributed by atoms with Gasteiger partial charge in [-0.25, -0.2) is 4.57 Å². The molecule has 0 saturated carbocycles. The number of rotatable bonds is 6. The smallest absolute Gasteiger partial charge is 0.316 e. The second-order valence-electron chi connectivity index (χ2n) is 9.05. The standard InChI is InChI=1S/C25H28N4O3S/c1-6-16(2)17-11-13-18(14-12-17)28-22(31)19-9-7-8-10-20(19)29-23(28)26-27-24(29)33-15-21(30)32-25(3,4)5/h7-14,16H,6,15H2,1-5H3/t16-/m0/s1. The molecule has 2 aromatic heterocycles. The number of benzene rings is 2. The number of para-hydroxylation sites is 1. The van der Waals surface area contributed by atoms with Gasteiger partial charge in [-0.05, 0) is 62.9 Å². The molecule has 2 heterocycles. The Hall–Kier alpha value is -3.13. The van der Waals surface area contributed by atoms with Crippen LogP contribution in [0, 0.1) is 0 Å². The number of thioether (sulfide) groups is 1. The fourth-order valence-electron chi connectivity index (χ4n) is 3.69. The second kappa shape index (κ2) is 9.02. The van der Waals surface area contributed by atoms with Crippen molar-refractivity contribution in [2.75, 3.05) is 5.75 Å².